The van der Waals surface area contributed by atoms with E-state index in [-0.39, 0.29) is 18.0 Å². The van der Waals surface area contributed by atoms with E-state index < -0.39 is 5.97 Å². The molecule has 0 aliphatic carbocycles. The van der Waals surface area contributed by atoms with Crippen LogP contribution < -0.4 is 5.11 Å². The number of carbonyl (C=O) groups excluding carboxylic acids is 1. The molecule has 1 aromatic carbocycles. The quantitative estimate of drug-likeness (QED) is 0.817. The first-order valence-corrected chi connectivity index (χ1v) is 5.54. The van der Waals surface area contributed by atoms with Crippen molar-refractivity contribution in [3.05, 3.63) is 35.9 Å². The van der Waals surface area contributed by atoms with E-state index in [9.17, 15) is 9.90 Å². The lowest BCUT2D eigenvalue weighted by Gasteiger charge is -2.22. The Morgan fingerprint density at radius 2 is 1.72 bits per heavy atom. The zero-order chi connectivity index (χ0) is 13.3. The Balaban J connectivity index is 0. The highest BCUT2D eigenvalue weighted by Crippen LogP contribution is 1.94. The van der Waals surface area contributed by atoms with Gasteiger partial charge < -0.3 is 19.5 Å². The molecule has 1 rings (SSSR count). The first-order chi connectivity index (χ1) is 7.87. The Bertz CT molecular complexity index is 323. The van der Waals surface area contributed by atoms with E-state index in [1.165, 1.54) is 12.1 Å². The van der Waals surface area contributed by atoms with E-state index in [1.54, 1.807) is 18.2 Å². The Kier molecular flexibility index (Phi) is 10.6. The first-order valence-electron chi connectivity index (χ1n) is 5.54. The summed E-state index contributed by atoms with van der Waals surface area (Å²) >= 11 is 0. The number of hydrogen-bond donors (Lipinski definition) is 1. The highest BCUT2D eigenvalue weighted by atomic mass is 35.5. The standard InChI is InChI=1S/C7H6O2.C6H16NO.ClH/c8-7(9)6-4-2-1-3-5-6;1-7(2,3)5-4-6-8;/h1-5H,(H,8,9);8H,4-6H2,1-3H3;1H/q;+1;/p-1. The fourth-order valence-corrected chi connectivity index (χ4v) is 1.12. The number of halogens is 1. The van der Waals surface area contributed by atoms with E-state index in [0.717, 1.165) is 17.4 Å². The minimum atomic E-state index is -1.13. The highest BCUT2D eigenvalue weighted by Gasteiger charge is 2.03. The number of aliphatic hydroxyl groups is 1. The van der Waals surface area contributed by atoms with Crippen molar-refractivity contribution in [1.82, 2.24) is 0 Å². The van der Waals surface area contributed by atoms with Gasteiger partial charge in [0, 0.05) is 13.0 Å². The molecule has 0 aliphatic rings. The predicted molar refractivity (Wildman–Crippen MR) is 72.6 cm³/mol. The molecular weight excluding hydrogens is 254 g/mol. The maximum atomic E-state index is 10.1. The van der Waals surface area contributed by atoms with Crippen LogP contribution in [0.2, 0.25) is 0 Å². The van der Waals surface area contributed by atoms with Crippen LogP contribution >= 0.6 is 12.4 Å². The molecule has 0 atom stereocenters. The monoisotopic (exact) mass is 275 g/mol. The van der Waals surface area contributed by atoms with Crippen LogP contribution in [0.5, 0.6) is 0 Å². The molecule has 0 amide bonds. The van der Waals surface area contributed by atoms with E-state index in [1.807, 2.05) is 0 Å². The smallest absolute Gasteiger partial charge is 0.0802 e. The molecule has 0 bridgehead atoms. The van der Waals surface area contributed by atoms with Crippen LogP contribution in [0.15, 0.2) is 30.3 Å². The average molecular weight is 276 g/mol. The summed E-state index contributed by atoms with van der Waals surface area (Å²) < 4.78 is 0.945. The molecule has 0 spiro atoms. The summed E-state index contributed by atoms with van der Waals surface area (Å²) in [4.78, 5) is 10.1. The lowest BCUT2D eigenvalue weighted by atomic mass is 10.2. The van der Waals surface area contributed by atoms with E-state index in [4.69, 9.17) is 5.11 Å². The molecular formula is C13H22ClNO3. The van der Waals surface area contributed by atoms with Crippen LogP contribution in [-0.2, 0) is 0 Å². The summed E-state index contributed by atoms with van der Waals surface area (Å²) in [7, 11) is 6.36. The number of aromatic carboxylic acids is 1. The molecule has 0 aromatic heterocycles. The minimum Gasteiger partial charge on any atom is -0.545 e. The van der Waals surface area contributed by atoms with Crippen molar-refractivity contribution in [3.63, 3.8) is 0 Å². The molecule has 0 radical (unpaired) electrons. The molecule has 1 N–H and O–H groups in total. The van der Waals surface area contributed by atoms with Gasteiger partial charge in [0.15, 0.2) is 0 Å². The van der Waals surface area contributed by atoms with Gasteiger partial charge in [0.2, 0.25) is 0 Å². The Morgan fingerprint density at radius 1 is 1.22 bits per heavy atom. The van der Waals surface area contributed by atoms with Crippen LogP contribution in [-0.4, -0.2) is 49.9 Å². The summed E-state index contributed by atoms with van der Waals surface area (Å²) in [5.74, 6) is -1.13. The van der Waals surface area contributed by atoms with E-state index in [0.29, 0.717) is 6.61 Å². The van der Waals surface area contributed by atoms with Gasteiger partial charge in [-0.25, -0.2) is 0 Å². The van der Waals surface area contributed by atoms with Crippen molar-refractivity contribution in [2.24, 2.45) is 0 Å². The Labute approximate surface area is 115 Å². The highest BCUT2D eigenvalue weighted by molar-refractivity contribution is 5.85. The zero-order valence-electron chi connectivity index (χ0n) is 11.1. The Morgan fingerprint density at radius 3 is 1.94 bits per heavy atom. The molecule has 5 heteroatoms. The summed E-state index contributed by atoms with van der Waals surface area (Å²) in [6, 6.07) is 8.06. The molecule has 4 nitrogen and oxygen atoms in total. The zero-order valence-corrected chi connectivity index (χ0v) is 11.9. The SMILES string of the molecule is C[N+](C)(C)CCCO.Cl.O=C([O-])c1ccccc1. The van der Waals surface area contributed by atoms with Crippen LogP contribution in [0, 0.1) is 0 Å². The number of nitrogens with zero attached hydrogens (tertiary/aromatic N) is 1. The third kappa shape index (κ3) is 11.4. The van der Waals surface area contributed by atoms with Gasteiger partial charge in [-0.3, -0.25) is 0 Å². The van der Waals surface area contributed by atoms with Crippen LogP contribution in [0.1, 0.15) is 16.8 Å². The Hall–Kier alpha value is -1.10. The molecule has 0 aliphatic heterocycles. The van der Waals surface area contributed by atoms with Crippen LogP contribution in [0.4, 0.5) is 0 Å². The van der Waals surface area contributed by atoms with E-state index in [2.05, 4.69) is 21.1 Å². The van der Waals surface area contributed by atoms with Gasteiger partial charge in [-0.1, -0.05) is 30.3 Å². The lowest BCUT2D eigenvalue weighted by molar-refractivity contribution is -0.870. The van der Waals surface area contributed by atoms with Gasteiger partial charge in [0.25, 0.3) is 0 Å². The number of aliphatic hydroxyl groups excluding tert-OH is 1. The van der Waals surface area contributed by atoms with Crippen molar-refractivity contribution >= 4 is 18.4 Å². The van der Waals surface area contributed by atoms with Crippen LogP contribution in [0.3, 0.4) is 0 Å². The normalized spacial score (nSPS) is 9.78. The topological polar surface area (TPSA) is 60.4 Å². The average Bonchev–Trinajstić information content (AvgIpc) is 2.27. The second-order valence-electron chi connectivity index (χ2n) is 4.74. The summed E-state index contributed by atoms with van der Waals surface area (Å²) in [5, 5.41) is 18.5. The fraction of sp³-hybridized carbons (Fsp3) is 0.462. The van der Waals surface area contributed by atoms with Crippen LogP contribution in [0.25, 0.3) is 0 Å². The van der Waals surface area contributed by atoms with Crippen molar-refractivity contribution in [2.45, 2.75) is 6.42 Å². The third-order valence-electron chi connectivity index (χ3n) is 2.00. The first kappa shape index (κ1) is 19.2. The number of hydrogen-bond acceptors (Lipinski definition) is 3. The second-order valence-corrected chi connectivity index (χ2v) is 4.74. The molecule has 18 heavy (non-hydrogen) atoms. The van der Waals surface area contributed by atoms with Gasteiger partial charge in [-0.15, -0.1) is 12.4 Å². The number of carboxylic acids is 1. The predicted octanol–water partition coefficient (Wildman–Crippen LogP) is 0.547. The van der Waals surface area contributed by atoms with Gasteiger partial charge in [0.1, 0.15) is 0 Å². The van der Waals surface area contributed by atoms with Crippen molar-refractivity contribution in [1.29, 1.82) is 0 Å². The van der Waals surface area contributed by atoms with Crippen molar-refractivity contribution < 1.29 is 19.5 Å². The summed E-state index contributed by atoms with van der Waals surface area (Å²) in [6.07, 6.45) is 0.906. The van der Waals surface area contributed by atoms with Crippen molar-refractivity contribution in [3.8, 4) is 0 Å². The van der Waals surface area contributed by atoms with Gasteiger partial charge in [-0.2, -0.15) is 0 Å². The molecule has 104 valence electrons. The minimum absolute atomic E-state index is 0. The number of rotatable bonds is 4. The summed E-state index contributed by atoms with van der Waals surface area (Å²) in [5.41, 5.74) is 0.220. The number of carboxylic acid groups (broad SMARTS) is 1. The number of carbonyl (C=O) groups is 1. The lowest BCUT2D eigenvalue weighted by Crippen LogP contribution is -2.35. The van der Waals surface area contributed by atoms with Gasteiger partial charge in [0.05, 0.1) is 33.7 Å². The van der Waals surface area contributed by atoms with Crippen molar-refractivity contribution in [2.75, 3.05) is 34.3 Å². The number of quaternary nitrogens is 1. The maximum absolute atomic E-state index is 10.1. The third-order valence-corrected chi connectivity index (χ3v) is 2.00. The van der Waals surface area contributed by atoms with Gasteiger partial charge in [-0.05, 0) is 5.56 Å². The molecule has 0 saturated carbocycles. The number of benzene rings is 1. The second kappa shape index (κ2) is 9.88. The largest absolute Gasteiger partial charge is 0.545 e. The molecule has 1 aromatic rings. The maximum Gasteiger partial charge on any atom is 0.0802 e. The van der Waals surface area contributed by atoms with E-state index >= 15 is 0 Å². The molecule has 0 saturated heterocycles. The molecule has 0 heterocycles. The fourth-order valence-electron chi connectivity index (χ4n) is 1.12. The molecule has 0 unspecified atom stereocenters. The summed E-state index contributed by atoms with van der Waals surface area (Å²) in [6.45, 7) is 1.37. The molecule has 0 fully saturated rings. The van der Waals surface area contributed by atoms with Gasteiger partial charge >= 0.3 is 0 Å².